The number of rotatable bonds is 4. The molecule has 0 radical (unpaired) electrons. The fraction of sp³-hybridized carbons (Fsp3) is 0.300. The van der Waals surface area contributed by atoms with Crippen molar-refractivity contribution in [3.63, 3.8) is 0 Å². The molecule has 0 aliphatic carbocycles. The summed E-state index contributed by atoms with van der Waals surface area (Å²) in [4.78, 5) is 11.3. The summed E-state index contributed by atoms with van der Waals surface area (Å²) in [7, 11) is 0. The standard InChI is InChI=1S/C10H16N4O3/c1-2-17-9-5-3-4-8(7(9)6-15)14(12)10(16)13-11/h3-5,15H,2,6,11-12H2,1H3,(H,13,16). The van der Waals surface area contributed by atoms with Crippen LogP contribution in [0.15, 0.2) is 18.2 Å². The van der Waals surface area contributed by atoms with Crippen molar-refractivity contribution in [3.05, 3.63) is 23.8 Å². The number of ether oxygens (including phenoxy) is 1. The van der Waals surface area contributed by atoms with Gasteiger partial charge in [0.2, 0.25) is 0 Å². The number of carbonyl (C=O) groups excluding carboxylic acids is 1. The van der Waals surface area contributed by atoms with E-state index in [0.717, 1.165) is 5.01 Å². The minimum absolute atomic E-state index is 0.295. The first kappa shape index (κ1) is 13.2. The van der Waals surface area contributed by atoms with E-state index in [1.54, 1.807) is 18.2 Å². The molecule has 0 aliphatic heterocycles. The molecular weight excluding hydrogens is 224 g/mol. The molecule has 7 nitrogen and oxygen atoms in total. The molecule has 0 fully saturated rings. The van der Waals surface area contributed by atoms with Crippen molar-refractivity contribution < 1.29 is 14.6 Å². The normalized spacial score (nSPS) is 9.88. The van der Waals surface area contributed by atoms with Gasteiger partial charge in [-0.2, -0.15) is 0 Å². The van der Waals surface area contributed by atoms with Crippen LogP contribution in [0.2, 0.25) is 0 Å². The van der Waals surface area contributed by atoms with Crippen molar-refractivity contribution in [1.29, 1.82) is 0 Å². The molecule has 0 saturated carbocycles. The summed E-state index contributed by atoms with van der Waals surface area (Å²) in [6.07, 6.45) is 0. The largest absolute Gasteiger partial charge is 0.493 e. The van der Waals surface area contributed by atoms with Crippen LogP contribution in [0.5, 0.6) is 5.75 Å². The van der Waals surface area contributed by atoms with Crippen LogP contribution >= 0.6 is 0 Å². The molecule has 94 valence electrons. The second-order valence-corrected chi connectivity index (χ2v) is 3.16. The molecule has 1 aromatic rings. The summed E-state index contributed by atoms with van der Waals surface area (Å²) >= 11 is 0. The van der Waals surface area contributed by atoms with Crippen LogP contribution < -0.4 is 26.9 Å². The Labute approximate surface area is 98.9 Å². The highest BCUT2D eigenvalue weighted by molar-refractivity contribution is 5.91. The first-order valence-corrected chi connectivity index (χ1v) is 5.06. The summed E-state index contributed by atoms with van der Waals surface area (Å²) in [6, 6.07) is 4.26. The Morgan fingerprint density at radius 1 is 1.59 bits per heavy atom. The SMILES string of the molecule is CCOc1cccc(N(N)C(=O)NN)c1CO. The van der Waals surface area contributed by atoms with Gasteiger partial charge in [0.1, 0.15) is 5.75 Å². The summed E-state index contributed by atoms with van der Waals surface area (Å²) in [5.74, 6) is 11.0. The van der Waals surface area contributed by atoms with Crippen LogP contribution in [0, 0.1) is 0 Å². The molecule has 7 heteroatoms. The number of anilines is 1. The van der Waals surface area contributed by atoms with Crippen molar-refractivity contribution in [2.24, 2.45) is 11.7 Å². The van der Waals surface area contributed by atoms with Gasteiger partial charge in [-0.15, -0.1) is 0 Å². The lowest BCUT2D eigenvalue weighted by Gasteiger charge is -2.20. The van der Waals surface area contributed by atoms with E-state index < -0.39 is 6.03 Å². The van der Waals surface area contributed by atoms with Gasteiger partial charge in [-0.3, -0.25) is 5.43 Å². The number of urea groups is 1. The topological polar surface area (TPSA) is 114 Å². The zero-order chi connectivity index (χ0) is 12.8. The average molecular weight is 240 g/mol. The Morgan fingerprint density at radius 3 is 2.82 bits per heavy atom. The molecule has 1 aromatic carbocycles. The van der Waals surface area contributed by atoms with Gasteiger partial charge in [0, 0.05) is 5.56 Å². The maximum atomic E-state index is 11.3. The average Bonchev–Trinajstić information content (AvgIpc) is 2.37. The lowest BCUT2D eigenvalue weighted by Crippen LogP contribution is -2.48. The molecule has 0 spiro atoms. The second-order valence-electron chi connectivity index (χ2n) is 3.16. The number of aliphatic hydroxyl groups excluding tert-OH is 1. The zero-order valence-corrected chi connectivity index (χ0v) is 9.51. The number of hydrogen-bond donors (Lipinski definition) is 4. The molecule has 0 heterocycles. The number of nitrogens with zero attached hydrogens (tertiary/aromatic N) is 1. The lowest BCUT2D eigenvalue weighted by atomic mass is 10.1. The highest BCUT2D eigenvalue weighted by atomic mass is 16.5. The van der Waals surface area contributed by atoms with Gasteiger partial charge >= 0.3 is 6.03 Å². The molecule has 0 atom stereocenters. The number of nitrogens with one attached hydrogen (secondary N) is 1. The Morgan fingerprint density at radius 2 is 2.29 bits per heavy atom. The predicted molar refractivity (Wildman–Crippen MR) is 62.9 cm³/mol. The monoisotopic (exact) mass is 240 g/mol. The van der Waals surface area contributed by atoms with E-state index in [0.29, 0.717) is 23.6 Å². The zero-order valence-electron chi connectivity index (χ0n) is 9.51. The number of aliphatic hydroxyl groups is 1. The molecule has 0 saturated heterocycles. The number of benzene rings is 1. The van der Waals surface area contributed by atoms with E-state index in [-0.39, 0.29) is 6.61 Å². The quantitative estimate of drug-likeness (QED) is 0.332. The van der Waals surface area contributed by atoms with E-state index in [9.17, 15) is 9.90 Å². The summed E-state index contributed by atoms with van der Waals surface area (Å²) < 4.78 is 5.33. The van der Waals surface area contributed by atoms with Gasteiger partial charge in [0.05, 0.1) is 18.9 Å². The first-order chi connectivity index (χ1) is 8.15. The lowest BCUT2D eigenvalue weighted by molar-refractivity contribution is 0.246. The predicted octanol–water partition coefficient (Wildman–Crippen LogP) is -0.159. The minimum atomic E-state index is -0.687. The number of amides is 2. The van der Waals surface area contributed by atoms with E-state index in [4.69, 9.17) is 16.4 Å². The number of nitrogens with two attached hydrogens (primary N) is 2. The number of carbonyl (C=O) groups is 1. The van der Waals surface area contributed by atoms with Crippen LogP contribution in [0.3, 0.4) is 0 Å². The Bertz CT molecular complexity index is 397. The molecular formula is C10H16N4O3. The van der Waals surface area contributed by atoms with Gasteiger partial charge in [-0.25, -0.2) is 21.5 Å². The van der Waals surface area contributed by atoms with Crippen molar-refractivity contribution in [2.45, 2.75) is 13.5 Å². The maximum absolute atomic E-state index is 11.3. The van der Waals surface area contributed by atoms with E-state index >= 15 is 0 Å². The van der Waals surface area contributed by atoms with Gasteiger partial charge in [-0.1, -0.05) is 6.07 Å². The number of hydrazine groups is 2. The summed E-state index contributed by atoms with van der Waals surface area (Å²) in [5, 5.41) is 10.1. The molecule has 0 bridgehead atoms. The van der Waals surface area contributed by atoms with Gasteiger partial charge in [-0.05, 0) is 19.1 Å². The van der Waals surface area contributed by atoms with E-state index in [1.165, 1.54) is 0 Å². The third-order valence-electron chi connectivity index (χ3n) is 2.17. The highest BCUT2D eigenvalue weighted by Gasteiger charge is 2.16. The molecule has 2 amide bonds. The molecule has 0 unspecified atom stereocenters. The van der Waals surface area contributed by atoms with Gasteiger partial charge < -0.3 is 9.84 Å². The highest BCUT2D eigenvalue weighted by Crippen LogP contribution is 2.28. The van der Waals surface area contributed by atoms with Crippen LogP contribution in [-0.4, -0.2) is 17.7 Å². The third-order valence-corrected chi connectivity index (χ3v) is 2.17. The smallest absolute Gasteiger partial charge is 0.350 e. The van der Waals surface area contributed by atoms with Crippen LogP contribution in [-0.2, 0) is 6.61 Å². The molecule has 17 heavy (non-hydrogen) atoms. The van der Waals surface area contributed by atoms with Crippen molar-refractivity contribution in [1.82, 2.24) is 5.43 Å². The van der Waals surface area contributed by atoms with Crippen molar-refractivity contribution >= 4 is 11.7 Å². The first-order valence-electron chi connectivity index (χ1n) is 5.06. The van der Waals surface area contributed by atoms with E-state index in [2.05, 4.69) is 0 Å². The maximum Gasteiger partial charge on any atom is 0.350 e. The minimum Gasteiger partial charge on any atom is -0.493 e. The second kappa shape index (κ2) is 6.04. The molecule has 0 aliphatic rings. The van der Waals surface area contributed by atoms with Crippen LogP contribution in [0.25, 0.3) is 0 Å². The van der Waals surface area contributed by atoms with Gasteiger partial charge in [0.15, 0.2) is 0 Å². The summed E-state index contributed by atoms with van der Waals surface area (Å²) in [5.41, 5.74) is 2.67. The Kier molecular flexibility index (Phi) is 4.70. The molecule has 0 aromatic heterocycles. The van der Waals surface area contributed by atoms with Crippen molar-refractivity contribution in [3.8, 4) is 5.75 Å². The fourth-order valence-electron chi connectivity index (χ4n) is 1.41. The third kappa shape index (κ3) is 2.84. The van der Waals surface area contributed by atoms with E-state index in [1.807, 2.05) is 12.3 Å². The van der Waals surface area contributed by atoms with Crippen LogP contribution in [0.1, 0.15) is 12.5 Å². The number of hydrogen-bond acceptors (Lipinski definition) is 5. The fourth-order valence-corrected chi connectivity index (χ4v) is 1.41. The summed E-state index contributed by atoms with van der Waals surface area (Å²) in [6.45, 7) is 1.97. The van der Waals surface area contributed by atoms with Crippen molar-refractivity contribution in [2.75, 3.05) is 11.6 Å². The van der Waals surface area contributed by atoms with Crippen LogP contribution in [0.4, 0.5) is 10.5 Å². The molecule has 6 N–H and O–H groups in total. The van der Waals surface area contributed by atoms with Gasteiger partial charge in [0.25, 0.3) is 0 Å². The Hall–Kier alpha value is -1.83. The molecule has 1 rings (SSSR count). The Balaban J connectivity index is 3.14.